The van der Waals surface area contributed by atoms with Crippen LogP contribution in [0.1, 0.15) is 80.1 Å². The van der Waals surface area contributed by atoms with Crippen molar-refractivity contribution in [2.24, 2.45) is 46.3 Å². The van der Waals surface area contributed by atoms with Crippen LogP contribution in [0.15, 0.2) is 12.2 Å². The number of allylic oxidation sites excluding steroid dienone is 1. The molecule has 0 radical (unpaired) electrons. The highest BCUT2D eigenvalue weighted by molar-refractivity contribution is 5.98. The van der Waals surface area contributed by atoms with Crippen LogP contribution in [-0.2, 0) is 42.9 Å². The van der Waals surface area contributed by atoms with E-state index in [1.807, 2.05) is 20.8 Å². The summed E-state index contributed by atoms with van der Waals surface area (Å²) in [5, 5.41) is 0. The summed E-state index contributed by atoms with van der Waals surface area (Å²) in [5.41, 5.74) is -2.87. The van der Waals surface area contributed by atoms with Crippen LogP contribution < -0.4 is 0 Å². The minimum atomic E-state index is -0.826. The van der Waals surface area contributed by atoms with E-state index < -0.39 is 40.5 Å². The maximum atomic E-state index is 13.7. The van der Waals surface area contributed by atoms with Crippen LogP contribution in [-0.4, -0.2) is 59.5 Å². The molecule has 7 aliphatic rings. The lowest BCUT2D eigenvalue weighted by Gasteiger charge is -2.58. The second-order valence-electron chi connectivity index (χ2n) is 14.4. The average Bonchev–Trinajstić information content (AvgIpc) is 3.41. The Morgan fingerprint density at radius 1 is 0.927 bits per heavy atom. The fourth-order valence-corrected chi connectivity index (χ4v) is 10.9. The molecule has 224 valence electrons. The summed E-state index contributed by atoms with van der Waals surface area (Å²) in [6.45, 7) is 10.9. The number of epoxide rings is 1. The summed E-state index contributed by atoms with van der Waals surface area (Å²) in [6, 6.07) is 0. The van der Waals surface area contributed by atoms with Gasteiger partial charge < -0.3 is 23.7 Å². The SMILES string of the molecule is CC(=O)OC1O[C@@](C)(C2C[C@H](C)[C@@H](C)C(=O)O2)[C@H]2CC[C@H]3[C@@H]4C[C@H]5O[C@]56[C@@H](OC(C)=O)C=CC(=O)[C@]6(C)[C@H]4CC[C@@]132. The molecule has 9 nitrogen and oxygen atoms in total. The van der Waals surface area contributed by atoms with Gasteiger partial charge in [0.25, 0.3) is 0 Å². The molecule has 2 unspecified atom stereocenters. The van der Waals surface area contributed by atoms with E-state index in [2.05, 4.69) is 6.92 Å². The number of carbonyl (C=O) groups is 4. The molecule has 14 atom stereocenters. The van der Waals surface area contributed by atoms with Gasteiger partial charge in [0.15, 0.2) is 11.9 Å². The van der Waals surface area contributed by atoms with Gasteiger partial charge in [0, 0.05) is 25.2 Å². The van der Waals surface area contributed by atoms with Crippen LogP contribution in [0.25, 0.3) is 0 Å². The highest BCUT2D eigenvalue weighted by Gasteiger charge is 2.83. The Hall–Kier alpha value is -2.26. The number of fused-ring (bicyclic) bond motifs is 3. The lowest BCUT2D eigenvalue weighted by Crippen LogP contribution is -2.65. The van der Waals surface area contributed by atoms with Gasteiger partial charge in [0.05, 0.1) is 17.4 Å². The Bertz CT molecular complexity index is 1240. The van der Waals surface area contributed by atoms with Crippen molar-refractivity contribution in [2.75, 3.05) is 0 Å². The topological polar surface area (TPSA) is 118 Å². The summed E-state index contributed by atoms with van der Waals surface area (Å²) in [6.07, 6.45) is 6.07. The predicted molar refractivity (Wildman–Crippen MR) is 143 cm³/mol. The third-order valence-electron chi connectivity index (χ3n) is 12.9. The molecular formula is C32H42O9. The first-order valence-electron chi connectivity index (χ1n) is 15.4. The van der Waals surface area contributed by atoms with Crippen molar-refractivity contribution in [2.45, 2.75) is 116 Å². The van der Waals surface area contributed by atoms with Crippen molar-refractivity contribution < 1.29 is 42.9 Å². The monoisotopic (exact) mass is 570 g/mol. The fourth-order valence-electron chi connectivity index (χ4n) is 10.9. The second-order valence-corrected chi connectivity index (χ2v) is 14.4. The molecule has 6 fully saturated rings. The summed E-state index contributed by atoms with van der Waals surface area (Å²) >= 11 is 0. The standard InChI is InChI=1S/C32H42O9/c1-15-13-25(39-27(36)16(15)2)30(6)22-8-7-21-19-14-26-32(40-26)24(37-17(3)33)10-9-23(35)29(32,5)20(19)11-12-31(21,22)28(41-30)38-18(4)34/h9-10,15-16,19-22,24-26,28H,7-8,11-14H2,1-6H3/t15-,16+,19+,20-,21-,22+,24-,25?,26+,28?,29-,30+,31+,32+/m0/s1. The fraction of sp³-hybridized carbons (Fsp3) is 0.812. The zero-order valence-electron chi connectivity index (χ0n) is 24.8. The number of ketones is 1. The van der Waals surface area contributed by atoms with Gasteiger partial charge in [-0.15, -0.1) is 0 Å². The number of hydrogen-bond acceptors (Lipinski definition) is 9. The molecule has 3 saturated heterocycles. The molecule has 41 heavy (non-hydrogen) atoms. The van der Waals surface area contributed by atoms with Gasteiger partial charge in [-0.1, -0.05) is 13.8 Å². The second kappa shape index (κ2) is 8.65. The summed E-state index contributed by atoms with van der Waals surface area (Å²) in [4.78, 5) is 51.0. The molecule has 4 aliphatic carbocycles. The van der Waals surface area contributed by atoms with Gasteiger partial charge in [0.1, 0.15) is 17.3 Å². The Balaban J connectivity index is 1.26. The molecule has 0 bridgehead atoms. The number of ether oxygens (including phenoxy) is 5. The molecule has 0 N–H and O–H groups in total. The summed E-state index contributed by atoms with van der Waals surface area (Å²) in [7, 11) is 0. The van der Waals surface area contributed by atoms with E-state index in [9.17, 15) is 19.2 Å². The van der Waals surface area contributed by atoms with E-state index >= 15 is 0 Å². The largest absolute Gasteiger partial charge is 0.459 e. The maximum absolute atomic E-state index is 13.7. The third kappa shape index (κ3) is 3.31. The van der Waals surface area contributed by atoms with Crippen LogP contribution >= 0.6 is 0 Å². The van der Waals surface area contributed by atoms with E-state index in [0.717, 1.165) is 32.1 Å². The van der Waals surface area contributed by atoms with Gasteiger partial charge >= 0.3 is 17.9 Å². The van der Waals surface area contributed by atoms with Gasteiger partial charge in [0.2, 0.25) is 6.29 Å². The number of cyclic esters (lactones) is 1. The summed E-state index contributed by atoms with van der Waals surface area (Å²) in [5.74, 6) is -0.568. The lowest BCUT2D eigenvalue weighted by molar-refractivity contribution is -0.238. The molecule has 2 spiro atoms. The van der Waals surface area contributed by atoms with E-state index in [1.165, 1.54) is 13.8 Å². The Morgan fingerprint density at radius 3 is 2.34 bits per heavy atom. The van der Waals surface area contributed by atoms with Crippen LogP contribution in [0.5, 0.6) is 0 Å². The van der Waals surface area contributed by atoms with E-state index in [1.54, 1.807) is 12.2 Å². The number of carbonyl (C=O) groups excluding carboxylic acids is 4. The van der Waals surface area contributed by atoms with Crippen molar-refractivity contribution >= 4 is 23.7 Å². The van der Waals surface area contributed by atoms with Crippen molar-refractivity contribution in [3.63, 3.8) is 0 Å². The molecule has 0 aromatic heterocycles. The van der Waals surface area contributed by atoms with Gasteiger partial charge in [-0.3, -0.25) is 19.2 Å². The van der Waals surface area contributed by atoms with E-state index in [-0.39, 0.29) is 65.3 Å². The van der Waals surface area contributed by atoms with Gasteiger partial charge in [-0.05, 0) is 88.2 Å². The number of hydrogen-bond donors (Lipinski definition) is 0. The summed E-state index contributed by atoms with van der Waals surface area (Å²) < 4.78 is 31.0. The van der Waals surface area contributed by atoms with Crippen molar-refractivity contribution in [3.05, 3.63) is 12.2 Å². The number of esters is 3. The zero-order chi connectivity index (χ0) is 29.3. The molecule has 3 saturated carbocycles. The molecule has 0 aromatic rings. The van der Waals surface area contributed by atoms with Crippen LogP contribution in [0.3, 0.4) is 0 Å². The smallest absolute Gasteiger partial charge is 0.309 e. The lowest BCUT2D eigenvalue weighted by atomic mass is 9.44. The van der Waals surface area contributed by atoms with Crippen LogP contribution in [0.2, 0.25) is 0 Å². The van der Waals surface area contributed by atoms with Crippen LogP contribution in [0, 0.1) is 46.3 Å². The average molecular weight is 571 g/mol. The highest BCUT2D eigenvalue weighted by atomic mass is 16.7. The zero-order valence-corrected chi connectivity index (χ0v) is 24.8. The first-order chi connectivity index (χ1) is 19.3. The Labute approximate surface area is 241 Å². The van der Waals surface area contributed by atoms with Crippen LogP contribution in [0.4, 0.5) is 0 Å². The van der Waals surface area contributed by atoms with Crippen molar-refractivity contribution in [3.8, 4) is 0 Å². The molecule has 0 aromatic carbocycles. The highest BCUT2D eigenvalue weighted by Crippen LogP contribution is 2.76. The van der Waals surface area contributed by atoms with Gasteiger partial charge in [-0.2, -0.15) is 0 Å². The van der Waals surface area contributed by atoms with Crippen molar-refractivity contribution in [1.82, 2.24) is 0 Å². The molecule has 0 amide bonds. The first-order valence-corrected chi connectivity index (χ1v) is 15.4. The normalized spacial score (nSPS) is 54.6. The Kier molecular flexibility index (Phi) is 5.82. The molecule has 3 heterocycles. The minimum absolute atomic E-state index is 0.0318. The third-order valence-corrected chi connectivity index (χ3v) is 12.9. The predicted octanol–water partition coefficient (Wildman–Crippen LogP) is 3.91. The van der Waals surface area contributed by atoms with E-state index in [0.29, 0.717) is 6.42 Å². The molecule has 9 heteroatoms. The Morgan fingerprint density at radius 2 is 1.66 bits per heavy atom. The maximum Gasteiger partial charge on any atom is 0.309 e. The van der Waals surface area contributed by atoms with Gasteiger partial charge in [-0.25, -0.2) is 0 Å². The molecule has 7 rings (SSSR count). The quantitative estimate of drug-likeness (QED) is 0.283. The molecule has 3 aliphatic heterocycles. The first kappa shape index (κ1) is 27.6. The van der Waals surface area contributed by atoms with Crippen molar-refractivity contribution in [1.29, 1.82) is 0 Å². The minimum Gasteiger partial charge on any atom is -0.459 e. The molecular weight excluding hydrogens is 528 g/mol. The van der Waals surface area contributed by atoms with E-state index in [4.69, 9.17) is 23.7 Å². The number of rotatable bonds is 3.